The minimum absolute atomic E-state index is 0.00452. The van der Waals surface area contributed by atoms with Gasteiger partial charge < -0.3 is 40.4 Å². The highest BCUT2D eigenvalue weighted by atomic mass is 32.1. The van der Waals surface area contributed by atoms with E-state index < -0.39 is 35.4 Å². The van der Waals surface area contributed by atoms with Crippen LogP contribution in [0.15, 0.2) is 58.5 Å². The summed E-state index contributed by atoms with van der Waals surface area (Å²) in [5, 5.41) is 23.0. The van der Waals surface area contributed by atoms with E-state index in [1.54, 1.807) is 35.6 Å². The summed E-state index contributed by atoms with van der Waals surface area (Å²) in [5.74, 6) is -0.871. The summed E-state index contributed by atoms with van der Waals surface area (Å²) >= 11 is 1.57. The Hall–Kier alpha value is -4.79. The van der Waals surface area contributed by atoms with E-state index in [9.17, 15) is 24.3 Å². The Balaban J connectivity index is 1.08. The number of hydrogen-bond acceptors (Lipinski definition) is 10. The number of fused-ring (bicyclic) bond motifs is 1. The summed E-state index contributed by atoms with van der Waals surface area (Å²) in [6.07, 6.45) is -0.812. The monoisotopic (exact) mass is 730 g/mol. The largest absolute Gasteiger partial charge is 0.492 e. The first kappa shape index (κ1) is 37.0. The van der Waals surface area contributed by atoms with E-state index >= 15 is 0 Å². The Morgan fingerprint density at radius 3 is 2.48 bits per heavy atom. The van der Waals surface area contributed by atoms with Crippen LogP contribution in [0.5, 0.6) is 5.75 Å². The maximum Gasteiger partial charge on any atom is 0.287 e. The van der Waals surface area contributed by atoms with Crippen LogP contribution in [0.4, 0.5) is 0 Å². The Morgan fingerprint density at radius 1 is 1.08 bits per heavy atom. The first-order chi connectivity index (χ1) is 24.8. The number of aromatic nitrogens is 1. The number of likely N-dealkylation sites (tertiary alicyclic amines) is 1. The van der Waals surface area contributed by atoms with Gasteiger partial charge in [0.05, 0.1) is 40.7 Å². The Bertz CT molecular complexity index is 1930. The topological polar surface area (TPSA) is 175 Å². The van der Waals surface area contributed by atoms with Gasteiger partial charge in [-0.2, -0.15) is 0 Å². The van der Waals surface area contributed by atoms with Crippen molar-refractivity contribution in [2.45, 2.75) is 65.3 Å². The zero-order chi connectivity index (χ0) is 37.2. The lowest BCUT2D eigenvalue weighted by atomic mass is 9.85. The second-order valence-electron chi connectivity index (χ2n) is 14.6. The molecule has 4 amide bonds. The molecule has 276 valence electrons. The molecule has 2 aromatic carbocycles. The van der Waals surface area contributed by atoms with Crippen molar-refractivity contribution >= 4 is 45.9 Å². The number of amides is 4. The molecule has 6 rings (SSSR count). The number of nitrogens with zero attached hydrogens (tertiary/aromatic N) is 2. The fourth-order valence-electron chi connectivity index (χ4n) is 6.40. The fraction of sp³-hybridized carbons (Fsp3) is 0.447. The Labute approximate surface area is 306 Å². The number of β-amino-alcohol motifs (C(OH)–C–C–N with tert-alkyl or cyclic N) is 1. The molecule has 4 heterocycles. The number of thiazole rings is 1. The Kier molecular flexibility index (Phi) is 11.0. The number of aliphatic hydroxyl groups excluding tert-OH is 1. The molecule has 0 saturated carbocycles. The maximum absolute atomic E-state index is 14.1. The number of hydrogen-bond donors (Lipinski definition) is 5. The van der Waals surface area contributed by atoms with E-state index in [2.05, 4.69) is 26.3 Å². The molecule has 0 aliphatic carbocycles. The normalized spacial score (nSPS) is 18.8. The zero-order valence-corrected chi connectivity index (χ0v) is 30.8. The van der Waals surface area contributed by atoms with Crippen LogP contribution < -0.4 is 26.0 Å². The first-order valence-electron chi connectivity index (χ1n) is 17.5. The number of rotatable bonds is 12. The van der Waals surface area contributed by atoms with Gasteiger partial charge in [0.2, 0.25) is 17.7 Å². The minimum atomic E-state index is -1.03. The number of aliphatic hydroxyl groups is 1. The van der Waals surface area contributed by atoms with Crippen LogP contribution in [-0.2, 0) is 14.4 Å². The highest BCUT2D eigenvalue weighted by molar-refractivity contribution is 7.13. The van der Waals surface area contributed by atoms with Gasteiger partial charge in [-0.15, -0.1) is 11.3 Å². The van der Waals surface area contributed by atoms with E-state index in [1.165, 1.54) is 4.90 Å². The van der Waals surface area contributed by atoms with Gasteiger partial charge in [-0.3, -0.25) is 19.2 Å². The zero-order valence-electron chi connectivity index (χ0n) is 30.0. The van der Waals surface area contributed by atoms with Crippen molar-refractivity contribution in [1.82, 2.24) is 31.2 Å². The van der Waals surface area contributed by atoms with Gasteiger partial charge in [0.25, 0.3) is 5.91 Å². The number of carbonyl (C=O) groups excluding carboxylic acids is 4. The molecule has 52 heavy (non-hydrogen) atoms. The third-order valence-corrected chi connectivity index (χ3v) is 10.5. The second kappa shape index (κ2) is 15.4. The molecule has 4 atom stereocenters. The number of aryl methyl sites for hydroxylation is 1. The van der Waals surface area contributed by atoms with E-state index in [0.717, 1.165) is 21.7 Å². The standard InChI is InChI=1S/C38H46N6O7S/c1-21(23-6-8-24(9-7-23)32-22(2)41-20-52-32)42-35(47)29-16-27(45)19-44(29)37(49)33(38(3,4)5)43-36(48)31-15-25-14-28(10-11-30(25)51-31)50-13-12-40-34(46)26-17-39-18-26/h6-11,14-15,20-21,26-27,29,33,39,45H,12-13,16-19H2,1-5H3,(H,40,46)(H,42,47)(H,43,48)/t21?,27-,29+,33?/m1/s1. The molecule has 4 aromatic rings. The van der Waals surface area contributed by atoms with Crippen molar-refractivity contribution in [3.63, 3.8) is 0 Å². The third kappa shape index (κ3) is 8.30. The molecule has 0 spiro atoms. The van der Waals surface area contributed by atoms with Crippen LogP contribution in [0.25, 0.3) is 21.4 Å². The average molecular weight is 731 g/mol. The van der Waals surface area contributed by atoms with Gasteiger partial charge >= 0.3 is 0 Å². The van der Waals surface area contributed by atoms with E-state index in [0.29, 0.717) is 36.4 Å². The molecule has 0 radical (unpaired) electrons. The summed E-state index contributed by atoms with van der Waals surface area (Å²) in [7, 11) is 0. The van der Waals surface area contributed by atoms with Gasteiger partial charge in [0, 0.05) is 31.4 Å². The number of benzene rings is 2. The molecular weight excluding hydrogens is 685 g/mol. The van der Waals surface area contributed by atoms with Crippen LogP contribution in [0.2, 0.25) is 0 Å². The smallest absolute Gasteiger partial charge is 0.287 e. The van der Waals surface area contributed by atoms with E-state index in [4.69, 9.17) is 9.15 Å². The lowest BCUT2D eigenvalue weighted by molar-refractivity contribution is -0.142. The van der Waals surface area contributed by atoms with Crippen LogP contribution in [-0.4, -0.2) is 89.6 Å². The molecule has 14 heteroatoms. The predicted molar refractivity (Wildman–Crippen MR) is 197 cm³/mol. The molecule has 2 unspecified atom stereocenters. The number of ether oxygens (including phenoxy) is 1. The van der Waals surface area contributed by atoms with Crippen LogP contribution in [0.3, 0.4) is 0 Å². The molecule has 2 saturated heterocycles. The van der Waals surface area contributed by atoms with E-state index in [1.807, 2.05) is 64.4 Å². The molecule has 2 aliphatic rings. The number of carbonyl (C=O) groups is 4. The molecule has 0 bridgehead atoms. The first-order valence-corrected chi connectivity index (χ1v) is 18.4. The van der Waals surface area contributed by atoms with Crippen molar-refractivity contribution in [3.05, 3.63) is 71.1 Å². The van der Waals surface area contributed by atoms with Crippen LogP contribution in [0.1, 0.15) is 62.0 Å². The Morgan fingerprint density at radius 2 is 1.83 bits per heavy atom. The third-order valence-electron chi connectivity index (χ3n) is 9.56. The summed E-state index contributed by atoms with van der Waals surface area (Å²) in [6, 6.07) is 12.3. The van der Waals surface area contributed by atoms with Crippen molar-refractivity contribution in [2.24, 2.45) is 11.3 Å². The van der Waals surface area contributed by atoms with Crippen LogP contribution in [0, 0.1) is 18.3 Å². The molecule has 2 aromatic heterocycles. The predicted octanol–water partition coefficient (Wildman–Crippen LogP) is 3.56. The highest BCUT2D eigenvalue weighted by Crippen LogP contribution is 2.30. The van der Waals surface area contributed by atoms with Crippen molar-refractivity contribution in [3.8, 4) is 16.2 Å². The van der Waals surface area contributed by atoms with Gasteiger partial charge in [-0.1, -0.05) is 45.0 Å². The molecule has 2 aliphatic heterocycles. The van der Waals surface area contributed by atoms with Gasteiger partial charge in [-0.05, 0) is 54.7 Å². The van der Waals surface area contributed by atoms with Crippen molar-refractivity contribution in [2.75, 3.05) is 32.8 Å². The SMILES string of the molecule is Cc1ncsc1-c1ccc(C(C)NC(=O)[C@@H]2C[C@@H](O)CN2C(=O)C(NC(=O)c2cc3cc(OCCNC(=O)C4CNC4)ccc3o2)C(C)(C)C)cc1. The van der Waals surface area contributed by atoms with Crippen molar-refractivity contribution < 1.29 is 33.4 Å². The number of furan rings is 1. The number of nitrogens with one attached hydrogen (secondary N) is 4. The van der Waals surface area contributed by atoms with Crippen molar-refractivity contribution in [1.29, 1.82) is 0 Å². The molecule has 2 fully saturated rings. The summed E-state index contributed by atoms with van der Waals surface area (Å²) in [4.78, 5) is 60.1. The van der Waals surface area contributed by atoms with Crippen LogP contribution >= 0.6 is 11.3 Å². The summed E-state index contributed by atoms with van der Waals surface area (Å²) in [5.41, 5.74) is 4.43. The fourth-order valence-corrected chi connectivity index (χ4v) is 7.21. The quantitative estimate of drug-likeness (QED) is 0.137. The molecule has 13 nitrogen and oxygen atoms in total. The van der Waals surface area contributed by atoms with Gasteiger partial charge in [0.15, 0.2) is 5.76 Å². The lowest BCUT2D eigenvalue weighted by Crippen LogP contribution is -2.57. The van der Waals surface area contributed by atoms with Gasteiger partial charge in [0.1, 0.15) is 30.0 Å². The van der Waals surface area contributed by atoms with Gasteiger partial charge in [-0.25, -0.2) is 4.98 Å². The highest BCUT2D eigenvalue weighted by Gasteiger charge is 2.45. The maximum atomic E-state index is 14.1. The van der Waals surface area contributed by atoms with E-state index in [-0.39, 0.29) is 49.1 Å². The lowest BCUT2D eigenvalue weighted by Gasteiger charge is -2.35. The average Bonchev–Trinajstić information content (AvgIpc) is 3.81. The minimum Gasteiger partial charge on any atom is -0.492 e. The molecule has 5 N–H and O–H groups in total. The summed E-state index contributed by atoms with van der Waals surface area (Å²) in [6.45, 7) is 11.3. The summed E-state index contributed by atoms with van der Waals surface area (Å²) < 4.78 is 11.6. The molecular formula is C38H46N6O7S. The second-order valence-corrected chi connectivity index (χ2v) is 15.4.